The Balaban J connectivity index is 0.000000383. The molecule has 1 aliphatic heterocycles. The summed E-state index contributed by atoms with van der Waals surface area (Å²) in [6.45, 7) is 2.37. The van der Waals surface area contributed by atoms with Crippen LogP contribution in [0.5, 0.6) is 0 Å². The van der Waals surface area contributed by atoms with Crippen molar-refractivity contribution >= 4 is 29.4 Å². The summed E-state index contributed by atoms with van der Waals surface area (Å²) in [7, 11) is 0. The van der Waals surface area contributed by atoms with Gasteiger partial charge in [0.2, 0.25) is 5.69 Å². The van der Waals surface area contributed by atoms with Gasteiger partial charge in [-0.05, 0) is 62.1 Å². The summed E-state index contributed by atoms with van der Waals surface area (Å²) in [5.41, 5.74) is 2.82. The molecule has 1 saturated heterocycles. The number of aliphatic carboxylic acids is 1. The fourth-order valence-electron chi connectivity index (χ4n) is 4.05. The van der Waals surface area contributed by atoms with Gasteiger partial charge >= 0.3 is 18.1 Å². The Morgan fingerprint density at radius 3 is 2.09 bits per heavy atom. The molecule has 3 N–H and O–H groups in total. The van der Waals surface area contributed by atoms with Gasteiger partial charge in [0.05, 0.1) is 0 Å². The molecular formula is C21H25F3N4O4S. The number of anilines is 1. The normalized spacial score (nSPS) is 20.8. The van der Waals surface area contributed by atoms with Gasteiger partial charge in [0.25, 0.3) is 0 Å². The highest BCUT2D eigenvalue weighted by molar-refractivity contribution is 7.99. The third-order valence-electron chi connectivity index (χ3n) is 5.75. The molecule has 12 heteroatoms. The molecule has 180 valence electrons. The minimum atomic E-state index is -5.08. The van der Waals surface area contributed by atoms with Crippen molar-refractivity contribution in [2.45, 2.75) is 60.9 Å². The van der Waals surface area contributed by atoms with Crippen molar-refractivity contribution in [3.05, 3.63) is 35.5 Å². The van der Waals surface area contributed by atoms with E-state index in [9.17, 15) is 18.0 Å². The van der Waals surface area contributed by atoms with Crippen LogP contribution in [0.25, 0.3) is 0 Å². The van der Waals surface area contributed by atoms with E-state index in [1.807, 2.05) is 0 Å². The highest BCUT2D eigenvalue weighted by atomic mass is 32.2. The van der Waals surface area contributed by atoms with Crippen molar-refractivity contribution in [3.63, 3.8) is 0 Å². The van der Waals surface area contributed by atoms with Crippen molar-refractivity contribution in [1.82, 2.24) is 15.4 Å². The van der Waals surface area contributed by atoms with Crippen LogP contribution in [0.3, 0.4) is 0 Å². The van der Waals surface area contributed by atoms with Gasteiger partial charge in [-0.25, -0.2) is 9.59 Å². The van der Waals surface area contributed by atoms with Gasteiger partial charge in [-0.1, -0.05) is 23.9 Å². The molecule has 1 aliphatic carbocycles. The molecule has 8 nitrogen and oxygen atoms in total. The lowest BCUT2D eigenvalue weighted by Crippen LogP contribution is -2.21. The predicted molar refractivity (Wildman–Crippen MR) is 116 cm³/mol. The monoisotopic (exact) mass is 486 g/mol. The van der Waals surface area contributed by atoms with Crippen molar-refractivity contribution in [2.24, 2.45) is 0 Å². The summed E-state index contributed by atoms with van der Waals surface area (Å²) in [5, 5.41) is 27.3. The lowest BCUT2D eigenvalue weighted by molar-refractivity contribution is -0.192. The van der Waals surface area contributed by atoms with Crippen LogP contribution in [0.15, 0.2) is 29.3 Å². The molecule has 1 aromatic heterocycles. The molecule has 1 aromatic carbocycles. The SMILES string of the molecule is O=C(O)C(F)(F)F.O=C(O)c1n[nH]nc1SC1CCC(c2ccc(N3CCCC3)cc2)CC1. The number of benzene rings is 1. The molecule has 0 amide bonds. The lowest BCUT2D eigenvalue weighted by atomic mass is 9.84. The Kier molecular flexibility index (Phi) is 8.22. The fraction of sp³-hybridized carbons (Fsp3) is 0.524. The van der Waals surface area contributed by atoms with E-state index in [1.165, 1.54) is 37.2 Å². The van der Waals surface area contributed by atoms with Crippen molar-refractivity contribution in [1.29, 1.82) is 0 Å². The summed E-state index contributed by atoms with van der Waals surface area (Å²) in [6, 6.07) is 9.14. The van der Waals surface area contributed by atoms with E-state index in [1.54, 1.807) is 11.8 Å². The average Bonchev–Trinajstić information content (AvgIpc) is 3.47. The first kappa shape index (κ1) is 24.9. The summed E-state index contributed by atoms with van der Waals surface area (Å²) in [5.74, 6) is -3.17. The minimum absolute atomic E-state index is 0.0367. The van der Waals surface area contributed by atoms with Gasteiger partial charge in [-0.2, -0.15) is 18.4 Å². The third-order valence-corrected chi connectivity index (χ3v) is 7.06. The van der Waals surface area contributed by atoms with E-state index >= 15 is 0 Å². The van der Waals surface area contributed by atoms with Crippen molar-refractivity contribution in [3.8, 4) is 0 Å². The third kappa shape index (κ3) is 6.86. The van der Waals surface area contributed by atoms with Crippen LogP contribution in [0.1, 0.15) is 60.5 Å². The second-order valence-corrected chi connectivity index (χ2v) is 9.25. The van der Waals surface area contributed by atoms with E-state index in [-0.39, 0.29) is 5.69 Å². The molecule has 2 fully saturated rings. The standard InChI is InChI=1S/C19H24N4O2S.C2HF3O2/c24-19(25)17-18(21-22-20-17)26-16-9-5-14(6-10-16)13-3-7-15(8-4-13)23-11-1-2-12-23;3-2(4,5)1(6)7/h3-4,7-8,14,16H,1-2,5-6,9-12H2,(H,24,25)(H,20,21,22);(H,6,7). The van der Waals surface area contributed by atoms with Crippen LogP contribution >= 0.6 is 11.8 Å². The number of halogens is 3. The van der Waals surface area contributed by atoms with Gasteiger partial charge in [0, 0.05) is 24.0 Å². The summed E-state index contributed by atoms with van der Waals surface area (Å²) >= 11 is 1.55. The first-order valence-corrected chi connectivity index (χ1v) is 11.5. The zero-order valence-electron chi connectivity index (χ0n) is 17.7. The number of carbonyl (C=O) groups is 2. The van der Waals surface area contributed by atoms with Gasteiger partial charge in [0.1, 0.15) is 0 Å². The second-order valence-electron chi connectivity index (χ2n) is 7.96. The number of aromatic amines is 1. The fourth-order valence-corrected chi connectivity index (χ4v) is 5.21. The van der Waals surface area contributed by atoms with E-state index in [0.717, 1.165) is 25.7 Å². The highest BCUT2D eigenvalue weighted by Gasteiger charge is 2.38. The predicted octanol–water partition coefficient (Wildman–Crippen LogP) is 4.55. The minimum Gasteiger partial charge on any atom is -0.476 e. The zero-order chi connectivity index (χ0) is 24.0. The Hall–Kier alpha value is -2.76. The Labute approximate surface area is 192 Å². The topological polar surface area (TPSA) is 119 Å². The highest BCUT2D eigenvalue weighted by Crippen LogP contribution is 2.40. The van der Waals surface area contributed by atoms with Crippen molar-refractivity contribution < 1.29 is 33.0 Å². The molecule has 2 heterocycles. The van der Waals surface area contributed by atoms with Crippen LogP contribution in [0, 0.1) is 0 Å². The van der Waals surface area contributed by atoms with Crippen LogP contribution < -0.4 is 4.90 Å². The van der Waals surface area contributed by atoms with Crippen LogP contribution in [-0.2, 0) is 4.79 Å². The molecular weight excluding hydrogens is 461 g/mol. The number of nitrogens with one attached hydrogen (secondary N) is 1. The van der Waals surface area contributed by atoms with Gasteiger partial charge in [-0.3, -0.25) is 0 Å². The quantitative estimate of drug-likeness (QED) is 0.563. The number of rotatable bonds is 5. The number of hydrogen-bond donors (Lipinski definition) is 3. The maximum Gasteiger partial charge on any atom is 0.490 e. The smallest absolute Gasteiger partial charge is 0.476 e. The molecule has 1 saturated carbocycles. The Morgan fingerprint density at radius 1 is 1.00 bits per heavy atom. The lowest BCUT2D eigenvalue weighted by Gasteiger charge is -2.28. The Morgan fingerprint density at radius 2 is 1.58 bits per heavy atom. The number of alkyl halides is 3. The number of carboxylic acids is 2. The van der Waals surface area contributed by atoms with E-state index in [4.69, 9.17) is 15.0 Å². The van der Waals surface area contributed by atoms with Crippen LogP contribution in [0.2, 0.25) is 0 Å². The maximum absolute atomic E-state index is 11.1. The number of aromatic nitrogens is 3. The van der Waals surface area contributed by atoms with E-state index < -0.39 is 18.1 Å². The molecule has 4 rings (SSSR count). The molecule has 0 unspecified atom stereocenters. The average molecular weight is 487 g/mol. The number of aromatic carboxylic acids is 1. The summed E-state index contributed by atoms with van der Waals surface area (Å²) in [6.07, 6.45) is 1.96. The molecule has 2 aliphatic rings. The van der Waals surface area contributed by atoms with Gasteiger partial charge in [-0.15, -0.1) is 10.2 Å². The zero-order valence-corrected chi connectivity index (χ0v) is 18.5. The summed E-state index contributed by atoms with van der Waals surface area (Å²) in [4.78, 5) is 22.5. The second kappa shape index (κ2) is 10.9. The molecule has 0 bridgehead atoms. The van der Waals surface area contributed by atoms with Gasteiger partial charge < -0.3 is 15.1 Å². The molecule has 0 radical (unpaired) electrons. The largest absolute Gasteiger partial charge is 0.490 e. The van der Waals surface area contributed by atoms with E-state index in [0.29, 0.717) is 16.2 Å². The number of H-pyrrole nitrogens is 1. The van der Waals surface area contributed by atoms with Crippen LogP contribution in [0.4, 0.5) is 18.9 Å². The molecule has 33 heavy (non-hydrogen) atoms. The van der Waals surface area contributed by atoms with Crippen molar-refractivity contribution in [2.75, 3.05) is 18.0 Å². The van der Waals surface area contributed by atoms with Crippen LogP contribution in [-0.4, -0.2) is 62.1 Å². The van der Waals surface area contributed by atoms with E-state index in [2.05, 4.69) is 44.6 Å². The number of carboxylic acid groups (broad SMARTS) is 2. The maximum atomic E-state index is 11.1. The first-order chi connectivity index (χ1) is 15.6. The number of nitrogens with zero attached hydrogens (tertiary/aromatic N) is 3. The molecule has 2 aromatic rings. The number of hydrogen-bond acceptors (Lipinski definition) is 6. The molecule has 0 spiro atoms. The summed E-state index contributed by atoms with van der Waals surface area (Å²) < 4.78 is 31.7. The Bertz CT molecular complexity index is 938. The van der Waals surface area contributed by atoms with Gasteiger partial charge in [0.15, 0.2) is 5.03 Å². The number of thioether (sulfide) groups is 1. The first-order valence-electron chi connectivity index (χ1n) is 10.6. The molecule has 0 atom stereocenters.